The highest BCUT2D eigenvalue weighted by molar-refractivity contribution is 7.99. The largest absolute Gasteiger partial charge is 0.376 e. The third-order valence-corrected chi connectivity index (χ3v) is 6.46. The first-order valence-electron chi connectivity index (χ1n) is 10.6. The van der Waals surface area contributed by atoms with Gasteiger partial charge in [-0.25, -0.2) is 8.78 Å². The third-order valence-electron chi connectivity index (χ3n) is 5.49. The van der Waals surface area contributed by atoms with E-state index in [-0.39, 0.29) is 17.5 Å². The number of hydrogen-bond donors (Lipinski definition) is 2. The molecule has 1 fully saturated rings. The predicted molar refractivity (Wildman–Crippen MR) is 122 cm³/mol. The summed E-state index contributed by atoms with van der Waals surface area (Å²) in [6.07, 6.45) is 3.88. The maximum Gasteiger partial charge on any atom is 0.234 e. The molecule has 1 unspecified atom stereocenters. The van der Waals surface area contributed by atoms with E-state index in [2.05, 4.69) is 20.5 Å². The molecule has 0 saturated carbocycles. The molecule has 2 aromatic carbocycles. The molecule has 1 saturated heterocycles. The smallest absolute Gasteiger partial charge is 0.234 e. The van der Waals surface area contributed by atoms with Crippen molar-refractivity contribution in [3.05, 3.63) is 60.3 Å². The van der Waals surface area contributed by atoms with Gasteiger partial charge in [0, 0.05) is 35.3 Å². The van der Waals surface area contributed by atoms with Crippen LogP contribution in [0.2, 0.25) is 0 Å². The number of benzene rings is 2. The molecule has 4 aromatic rings. The average molecular weight is 470 g/mol. The van der Waals surface area contributed by atoms with Crippen LogP contribution in [0.3, 0.4) is 0 Å². The quantitative estimate of drug-likeness (QED) is 0.386. The number of hydrogen-bond acceptors (Lipinski definition) is 5. The summed E-state index contributed by atoms with van der Waals surface area (Å²) < 4.78 is 35.0. The average Bonchev–Trinajstić information content (AvgIpc) is 3.55. The van der Waals surface area contributed by atoms with Gasteiger partial charge in [0.25, 0.3) is 0 Å². The number of ether oxygens (including phenoxy) is 1. The van der Waals surface area contributed by atoms with E-state index in [0.717, 1.165) is 54.1 Å². The van der Waals surface area contributed by atoms with Crippen molar-refractivity contribution in [2.45, 2.75) is 30.6 Å². The van der Waals surface area contributed by atoms with Crippen LogP contribution in [0, 0.1) is 11.6 Å². The Morgan fingerprint density at radius 2 is 2.12 bits per heavy atom. The Bertz CT molecular complexity index is 1300. The van der Waals surface area contributed by atoms with Gasteiger partial charge in [-0.2, -0.15) is 0 Å². The Hall–Kier alpha value is -3.24. The van der Waals surface area contributed by atoms with Crippen molar-refractivity contribution in [2.75, 3.05) is 17.7 Å². The topological polar surface area (TPSA) is 84.8 Å². The van der Waals surface area contributed by atoms with E-state index in [1.54, 1.807) is 0 Å². The lowest BCUT2D eigenvalue weighted by molar-refractivity contribution is -0.113. The van der Waals surface area contributed by atoms with E-state index in [1.807, 2.05) is 35.0 Å². The number of aromatic amines is 1. The molecule has 2 aromatic heterocycles. The van der Waals surface area contributed by atoms with Gasteiger partial charge in [-0.05, 0) is 31.0 Å². The lowest BCUT2D eigenvalue weighted by Gasteiger charge is -2.14. The molecular weight excluding hydrogens is 448 g/mol. The number of nitrogens with one attached hydrogen (secondary N) is 2. The third kappa shape index (κ3) is 4.62. The van der Waals surface area contributed by atoms with Crippen LogP contribution >= 0.6 is 11.8 Å². The van der Waals surface area contributed by atoms with Crippen molar-refractivity contribution >= 4 is 34.3 Å². The summed E-state index contributed by atoms with van der Waals surface area (Å²) in [6, 6.07) is 10.9. The standard InChI is InChI=1S/C23H21F2N5O2S/c24-14-7-8-18(25)20(10-14)27-21(31)13-33-23-29-28-22(30(23)12-15-4-3-9-32-15)17-11-26-19-6-2-1-5-16(17)19/h1-2,5-8,10-11,15,26H,3-4,9,12-13H2,(H,27,31). The molecule has 2 N–H and O–H groups in total. The number of carbonyl (C=O) groups excluding carboxylic acids is 1. The number of fused-ring (bicyclic) bond motifs is 1. The van der Waals surface area contributed by atoms with Gasteiger partial charge < -0.3 is 15.0 Å². The van der Waals surface area contributed by atoms with Crippen LogP contribution < -0.4 is 5.32 Å². The highest BCUT2D eigenvalue weighted by Crippen LogP contribution is 2.31. The van der Waals surface area contributed by atoms with Crippen LogP contribution in [0.1, 0.15) is 12.8 Å². The second kappa shape index (κ2) is 9.32. The molecule has 33 heavy (non-hydrogen) atoms. The number of para-hydroxylation sites is 1. The number of rotatable bonds is 7. The molecule has 0 bridgehead atoms. The van der Waals surface area contributed by atoms with E-state index in [4.69, 9.17) is 4.74 Å². The number of halogens is 2. The first kappa shape index (κ1) is 21.6. The van der Waals surface area contributed by atoms with Crippen molar-refractivity contribution in [3.8, 4) is 11.4 Å². The molecule has 1 amide bonds. The van der Waals surface area contributed by atoms with Crippen LogP contribution in [0.5, 0.6) is 0 Å². The second-order valence-corrected chi connectivity index (χ2v) is 8.70. The van der Waals surface area contributed by atoms with E-state index in [1.165, 1.54) is 11.8 Å². The molecule has 0 aliphatic carbocycles. The molecule has 1 aliphatic rings. The first-order chi connectivity index (χ1) is 16.1. The fourth-order valence-electron chi connectivity index (χ4n) is 3.92. The number of aromatic nitrogens is 4. The Morgan fingerprint density at radius 3 is 2.97 bits per heavy atom. The van der Waals surface area contributed by atoms with Crippen LogP contribution in [-0.2, 0) is 16.1 Å². The number of carbonyl (C=O) groups is 1. The van der Waals surface area contributed by atoms with Crippen LogP contribution in [0.4, 0.5) is 14.5 Å². The number of thioether (sulfide) groups is 1. The molecule has 1 aliphatic heterocycles. The fraction of sp³-hybridized carbons (Fsp3) is 0.261. The highest BCUT2D eigenvalue weighted by Gasteiger charge is 2.23. The van der Waals surface area contributed by atoms with Crippen molar-refractivity contribution in [1.29, 1.82) is 0 Å². The van der Waals surface area contributed by atoms with Gasteiger partial charge in [0.05, 0.1) is 24.1 Å². The van der Waals surface area contributed by atoms with Crippen LogP contribution in [0.25, 0.3) is 22.3 Å². The summed E-state index contributed by atoms with van der Waals surface area (Å²) in [6.45, 7) is 1.28. The van der Waals surface area contributed by atoms with Gasteiger partial charge in [-0.15, -0.1) is 10.2 Å². The van der Waals surface area contributed by atoms with E-state index >= 15 is 0 Å². The Kier molecular flexibility index (Phi) is 6.10. The molecule has 7 nitrogen and oxygen atoms in total. The zero-order valence-corrected chi connectivity index (χ0v) is 18.4. The Morgan fingerprint density at radius 1 is 1.24 bits per heavy atom. The molecule has 1 atom stereocenters. The molecule has 170 valence electrons. The van der Waals surface area contributed by atoms with Gasteiger partial charge in [0.2, 0.25) is 5.91 Å². The second-order valence-electron chi connectivity index (χ2n) is 7.76. The van der Waals surface area contributed by atoms with E-state index in [0.29, 0.717) is 17.5 Å². The maximum absolute atomic E-state index is 13.8. The van der Waals surface area contributed by atoms with E-state index in [9.17, 15) is 13.6 Å². The number of anilines is 1. The van der Waals surface area contributed by atoms with Crippen LogP contribution in [0.15, 0.2) is 53.8 Å². The summed E-state index contributed by atoms with van der Waals surface area (Å²) >= 11 is 1.19. The van der Waals surface area contributed by atoms with Crippen molar-refractivity contribution in [2.24, 2.45) is 0 Å². The van der Waals surface area contributed by atoms with Crippen molar-refractivity contribution in [1.82, 2.24) is 19.7 Å². The number of H-pyrrole nitrogens is 1. The molecule has 3 heterocycles. The monoisotopic (exact) mass is 469 g/mol. The summed E-state index contributed by atoms with van der Waals surface area (Å²) in [5.41, 5.74) is 1.71. The molecule has 0 spiro atoms. The molecule has 5 rings (SSSR count). The number of nitrogens with zero attached hydrogens (tertiary/aromatic N) is 3. The van der Waals surface area contributed by atoms with Crippen LogP contribution in [-0.4, -0.2) is 44.1 Å². The Labute approximate surface area is 192 Å². The highest BCUT2D eigenvalue weighted by atomic mass is 32.2. The van der Waals surface area contributed by atoms with E-state index < -0.39 is 17.5 Å². The van der Waals surface area contributed by atoms with Gasteiger partial charge in [0.15, 0.2) is 11.0 Å². The van der Waals surface area contributed by atoms with Gasteiger partial charge in [-0.1, -0.05) is 30.0 Å². The van der Waals surface area contributed by atoms with Crippen molar-refractivity contribution < 1.29 is 18.3 Å². The fourth-order valence-corrected chi connectivity index (χ4v) is 4.67. The van der Waals surface area contributed by atoms with Gasteiger partial charge >= 0.3 is 0 Å². The van der Waals surface area contributed by atoms with Crippen molar-refractivity contribution in [3.63, 3.8) is 0 Å². The minimum Gasteiger partial charge on any atom is -0.376 e. The summed E-state index contributed by atoms with van der Waals surface area (Å²) in [7, 11) is 0. The first-order valence-corrected chi connectivity index (χ1v) is 11.6. The molecule has 0 radical (unpaired) electrons. The number of amides is 1. The normalized spacial score (nSPS) is 15.9. The maximum atomic E-state index is 13.8. The Balaban J connectivity index is 1.38. The molecular formula is C23H21F2N5O2S. The summed E-state index contributed by atoms with van der Waals surface area (Å²) in [5, 5.41) is 12.7. The minimum absolute atomic E-state index is 0.0342. The SMILES string of the molecule is O=C(CSc1nnc(-c2c[nH]c3ccccc23)n1CC1CCCO1)Nc1cc(F)ccc1F. The zero-order chi connectivity index (χ0) is 22.8. The zero-order valence-electron chi connectivity index (χ0n) is 17.6. The lowest BCUT2D eigenvalue weighted by Crippen LogP contribution is -2.18. The summed E-state index contributed by atoms with van der Waals surface area (Å²) in [5.74, 6) is -1.14. The summed E-state index contributed by atoms with van der Waals surface area (Å²) in [4.78, 5) is 15.7. The van der Waals surface area contributed by atoms with Gasteiger partial charge in [0.1, 0.15) is 11.6 Å². The molecule has 10 heteroatoms. The van der Waals surface area contributed by atoms with Gasteiger partial charge in [-0.3, -0.25) is 9.36 Å². The predicted octanol–water partition coefficient (Wildman–Crippen LogP) is 4.61. The lowest BCUT2D eigenvalue weighted by atomic mass is 10.1. The minimum atomic E-state index is -0.696.